The van der Waals surface area contributed by atoms with Crippen LogP contribution in [-0.4, -0.2) is 38.5 Å². The van der Waals surface area contributed by atoms with Gasteiger partial charge in [0.15, 0.2) is 0 Å². The van der Waals surface area contributed by atoms with Crippen molar-refractivity contribution in [2.45, 2.75) is 64.5 Å². The number of imidazole rings is 1. The van der Waals surface area contributed by atoms with Crippen LogP contribution < -0.4 is 0 Å². The Balaban J connectivity index is 1.55. The molecule has 1 fully saturated rings. The summed E-state index contributed by atoms with van der Waals surface area (Å²) in [4.78, 5) is 23.1. The van der Waals surface area contributed by atoms with E-state index < -0.39 is 5.60 Å². The van der Waals surface area contributed by atoms with E-state index in [0.717, 1.165) is 36.0 Å². The molecule has 2 N–H and O–H groups in total. The van der Waals surface area contributed by atoms with Crippen molar-refractivity contribution in [1.82, 2.24) is 14.9 Å². The summed E-state index contributed by atoms with van der Waals surface area (Å²) in [5.41, 5.74) is 5.03. The van der Waals surface area contributed by atoms with Gasteiger partial charge in [-0.15, -0.1) is 0 Å². The number of hydrogen-bond acceptors (Lipinski definition) is 3. The highest BCUT2D eigenvalue weighted by atomic mass is 16.3. The van der Waals surface area contributed by atoms with E-state index in [0.29, 0.717) is 5.56 Å². The van der Waals surface area contributed by atoms with E-state index >= 15 is 0 Å². The number of carbonyl (C=O) groups excluding carboxylic acids is 1. The number of likely N-dealkylation sites (tertiary alicyclic amines) is 1. The van der Waals surface area contributed by atoms with Gasteiger partial charge >= 0.3 is 0 Å². The molecule has 0 saturated carbocycles. The van der Waals surface area contributed by atoms with Crippen molar-refractivity contribution >= 4 is 16.9 Å². The minimum absolute atomic E-state index is 0.0589. The van der Waals surface area contributed by atoms with Crippen LogP contribution in [0.1, 0.15) is 68.1 Å². The number of aromatic amines is 1. The van der Waals surface area contributed by atoms with Crippen molar-refractivity contribution in [1.29, 1.82) is 0 Å². The van der Waals surface area contributed by atoms with Gasteiger partial charge in [0.1, 0.15) is 0 Å². The van der Waals surface area contributed by atoms with Crippen LogP contribution in [0, 0.1) is 5.41 Å². The SMILES string of the molecule is CC(C)(O)c1ccc2c(c1)[C@]1(C)CCN(C(=O)c3ccc4nc[nH]c4c3)C(C2)C1(C)C. The van der Waals surface area contributed by atoms with Gasteiger partial charge in [-0.2, -0.15) is 0 Å². The zero-order valence-corrected chi connectivity index (χ0v) is 19.0. The highest BCUT2D eigenvalue weighted by molar-refractivity contribution is 5.97. The van der Waals surface area contributed by atoms with E-state index in [1.54, 1.807) is 6.33 Å². The summed E-state index contributed by atoms with van der Waals surface area (Å²) in [6.45, 7) is 11.3. The normalized spacial score (nSPS) is 24.8. The van der Waals surface area contributed by atoms with Crippen LogP contribution in [0.15, 0.2) is 42.7 Å². The Morgan fingerprint density at radius 1 is 1.19 bits per heavy atom. The lowest BCUT2D eigenvalue weighted by Gasteiger charge is -2.61. The molecular formula is C26H31N3O2. The van der Waals surface area contributed by atoms with Crippen molar-refractivity contribution in [3.05, 3.63) is 65.0 Å². The quantitative estimate of drug-likeness (QED) is 0.643. The van der Waals surface area contributed by atoms with Crippen LogP contribution in [0.3, 0.4) is 0 Å². The number of benzene rings is 2. The van der Waals surface area contributed by atoms with Crippen molar-refractivity contribution < 1.29 is 9.90 Å². The summed E-state index contributed by atoms with van der Waals surface area (Å²) >= 11 is 0. The van der Waals surface area contributed by atoms with Gasteiger partial charge in [-0.1, -0.05) is 39.0 Å². The number of aliphatic hydroxyl groups is 1. The first kappa shape index (κ1) is 20.3. The lowest BCUT2D eigenvalue weighted by Crippen LogP contribution is -2.64. The Hall–Kier alpha value is -2.66. The molecule has 5 heteroatoms. The first-order valence-corrected chi connectivity index (χ1v) is 11.1. The van der Waals surface area contributed by atoms with Crippen molar-refractivity contribution in [3.63, 3.8) is 0 Å². The molecular weight excluding hydrogens is 386 g/mol. The van der Waals surface area contributed by atoms with E-state index in [1.165, 1.54) is 11.1 Å². The monoisotopic (exact) mass is 417 g/mol. The summed E-state index contributed by atoms with van der Waals surface area (Å²) < 4.78 is 0. The number of piperidine rings is 1. The maximum Gasteiger partial charge on any atom is 0.254 e. The summed E-state index contributed by atoms with van der Waals surface area (Å²) in [5.74, 6) is 0.0909. The molecule has 31 heavy (non-hydrogen) atoms. The van der Waals surface area contributed by atoms with Crippen LogP contribution in [0.5, 0.6) is 0 Å². The fourth-order valence-corrected chi connectivity index (χ4v) is 5.76. The molecule has 1 amide bonds. The van der Waals surface area contributed by atoms with E-state index in [4.69, 9.17) is 0 Å². The number of nitrogens with one attached hydrogen (secondary N) is 1. The molecule has 2 heterocycles. The fourth-order valence-electron chi connectivity index (χ4n) is 5.76. The molecule has 2 aliphatic rings. The predicted octanol–water partition coefficient (Wildman–Crippen LogP) is 4.55. The van der Waals surface area contributed by atoms with Crippen LogP contribution in [0.25, 0.3) is 11.0 Å². The van der Waals surface area contributed by atoms with Gasteiger partial charge in [-0.3, -0.25) is 4.79 Å². The Bertz CT molecular complexity index is 1190. The van der Waals surface area contributed by atoms with Crippen LogP contribution in [0.2, 0.25) is 0 Å². The highest BCUT2D eigenvalue weighted by Gasteiger charge is 2.57. The highest BCUT2D eigenvalue weighted by Crippen LogP contribution is 2.56. The third-order valence-electron chi connectivity index (χ3n) is 8.24. The van der Waals surface area contributed by atoms with Gasteiger partial charge in [0.25, 0.3) is 5.91 Å². The number of rotatable bonds is 2. The molecule has 1 aromatic heterocycles. The number of carbonyl (C=O) groups is 1. The Morgan fingerprint density at radius 2 is 1.97 bits per heavy atom. The molecule has 2 aromatic carbocycles. The van der Waals surface area contributed by atoms with E-state index in [9.17, 15) is 9.90 Å². The first-order chi connectivity index (χ1) is 14.5. The lowest BCUT2D eigenvalue weighted by atomic mass is 9.50. The molecule has 5 nitrogen and oxygen atoms in total. The van der Waals surface area contributed by atoms with Crippen molar-refractivity contribution in [2.24, 2.45) is 5.41 Å². The second-order valence-electron chi connectivity index (χ2n) is 10.6. The minimum Gasteiger partial charge on any atom is -0.386 e. The average molecular weight is 418 g/mol. The molecule has 3 aromatic rings. The molecule has 0 radical (unpaired) electrons. The molecule has 1 saturated heterocycles. The van der Waals surface area contributed by atoms with E-state index in [1.807, 2.05) is 38.1 Å². The summed E-state index contributed by atoms with van der Waals surface area (Å²) in [6.07, 6.45) is 3.40. The molecule has 0 spiro atoms. The Morgan fingerprint density at radius 3 is 2.71 bits per heavy atom. The molecule has 1 aliphatic carbocycles. The lowest BCUT2D eigenvalue weighted by molar-refractivity contribution is -0.0264. The molecule has 162 valence electrons. The van der Waals surface area contributed by atoms with E-state index in [2.05, 4.69) is 47.8 Å². The van der Waals surface area contributed by atoms with Gasteiger partial charge in [-0.25, -0.2) is 4.98 Å². The van der Waals surface area contributed by atoms with Crippen molar-refractivity contribution in [3.8, 4) is 0 Å². The number of hydrogen-bond donors (Lipinski definition) is 2. The molecule has 1 unspecified atom stereocenters. The topological polar surface area (TPSA) is 69.2 Å². The molecule has 1 aliphatic heterocycles. The number of fused-ring (bicyclic) bond motifs is 5. The van der Waals surface area contributed by atoms with Gasteiger partial charge in [0.05, 0.1) is 23.0 Å². The minimum atomic E-state index is -0.867. The molecule has 2 atom stereocenters. The fraction of sp³-hybridized carbons (Fsp3) is 0.462. The Labute approximate surface area is 183 Å². The summed E-state index contributed by atoms with van der Waals surface area (Å²) in [5, 5.41) is 10.6. The zero-order valence-electron chi connectivity index (χ0n) is 19.0. The standard InChI is InChI=1S/C26H31N3O2/c1-24(2)22-13-16-6-8-18(25(3,4)31)14-19(16)26(24,5)10-11-29(22)23(30)17-7-9-20-21(12-17)28-15-27-20/h6-9,12,14-15,22,31H,10-11,13H2,1-5H3,(H,27,28)/t22?,26-/m0/s1. The smallest absolute Gasteiger partial charge is 0.254 e. The first-order valence-electron chi connectivity index (χ1n) is 11.1. The molecule has 5 rings (SSSR count). The summed E-state index contributed by atoms with van der Waals surface area (Å²) in [6, 6.07) is 12.2. The number of H-pyrrole nitrogens is 1. The summed E-state index contributed by atoms with van der Waals surface area (Å²) in [7, 11) is 0. The predicted molar refractivity (Wildman–Crippen MR) is 122 cm³/mol. The van der Waals surface area contributed by atoms with Gasteiger partial charge in [-0.05, 0) is 67.0 Å². The zero-order chi connectivity index (χ0) is 22.2. The third-order valence-corrected chi connectivity index (χ3v) is 8.24. The average Bonchev–Trinajstić information content (AvgIpc) is 3.17. The van der Waals surface area contributed by atoms with Gasteiger partial charge in [0.2, 0.25) is 0 Å². The maximum absolute atomic E-state index is 13.6. The second-order valence-corrected chi connectivity index (χ2v) is 10.6. The van der Waals surface area contributed by atoms with Crippen LogP contribution >= 0.6 is 0 Å². The largest absolute Gasteiger partial charge is 0.386 e. The van der Waals surface area contributed by atoms with Crippen LogP contribution in [-0.2, 0) is 17.4 Å². The number of nitrogens with zero attached hydrogens (tertiary/aromatic N) is 2. The van der Waals surface area contributed by atoms with Gasteiger partial charge < -0.3 is 15.0 Å². The third kappa shape index (κ3) is 2.86. The van der Waals surface area contributed by atoms with Crippen molar-refractivity contribution in [2.75, 3.05) is 6.54 Å². The van der Waals surface area contributed by atoms with E-state index in [-0.39, 0.29) is 22.8 Å². The number of amides is 1. The molecule has 2 bridgehead atoms. The second kappa shape index (κ2) is 6.42. The number of aromatic nitrogens is 2. The maximum atomic E-state index is 13.6. The van der Waals surface area contributed by atoms with Crippen LogP contribution in [0.4, 0.5) is 0 Å². The van der Waals surface area contributed by atoms with Gasteiger partial charge in [0, 0.05) is 23.6 Å². The Kier molecular flexibility index (Phi) is 4.20.